The van der Waals surface area contributed by atoms with Gasteiger partial charge in [-0.15, -0.1) is 0 Å². The van der Waals surface area contributed by atoms with E-state index in [4.69, 9.17) is 10.3 Å². The van der Waals surface area contributed by atoms with Crippen LogP contribution in [0.25, 0.3) is 54.2 Å². The molecule has 1 aliphatic carbocycles. The van der Waals surface area contributed by atoms with Gasteiger partial charge in [-0.2, -0.15) is 0 Å². The van der Waals surface area contributed by atoms with Crippen LogP contribution >= 0.6 is 0 Å². The van der Waals surface area contributed by atoms with Crippen LogP contribution in [0.2, 0.25) is 0 Å². The second-order valence-corrected chi connectivity index (χ2v) is 16.2. The largest absolute Gasteiger partial charge is 0.289 e. The first-order valence-electron chi connectivity index (χ1n) is 18.1. The number of ketones is 1. The lowest BCUT2D eigenvalue weighted by Gasteiger charge is -2.33. The van der Waals surface area contributed by atoms with Gasteiger partial charge in [-0.25, -0.2) is 10.3 Å². The summed E-state index contributed by atoms with van der Waals surface area (Å²) in [5, 5.41) is 14.5. The zero-order valence-electron chi connectivity index (χ0n) is 30.5. The van der Waals surface area contributed by atoms with Crippen LogP contribution in [0.1, 0.15) is 52.7 Å². The van der Waals surface area contributed by atoms with E-state index < -0.39 is 0 Å². The Labute approximate surface area is 305 Å². The topological polar surface area (TPSA) is 43.5 Å². The fourth-order valence-electron chi connectivity index (χ4n) is 8.09. The first-order valence-corrected chi connectivity index (χ1v) is 18.1. The van der Waals surface area contributed by atoms with Crippen molar-refractivity contribution >= 4 is 66.1 Å². The van der Waals surface area contributed by atoms with E-state index in [0.717, 1.165) is 83.0 Å². The molecule has 1 heterocycles. The van der Waals surface area contributed by atoms with Crippen LogP contribution in [0, 0.1) is 16.7 Å². The maximum Gasteiger partial charge on any atom is 0.185 e. The molecule has 252 valence electrons. The SMILES string of the molecule is CC(C)(C)C1=C[C](c2ccc3ccccc3c2-c2c(C3=Nc4c(c5ccccc5c5ccccc45)[N]3)ccc3ccccc23)C=C(C(C)(C)C)C1=O. The van der Waals surface area contributed by atoms with E-state index in [0.29, 0.717) is 5.84 Å². The number of carbonyl (C=O) groups excluding carboxylic acids is 1. The number of rotatable bonds is 3. The molecule has 3 heteroatoms. The Morgan fingerprint density at radius 2 is 0.865 bits per heavy atom. The Bertz CT molecular complexity index is 2710. The van der Waals surface area contributed by atoms with Gasteiger partial charge in [-0.1, -0.05) is 169 Å². The zero-order valence-corrected chi connectivity index (χ0v) is 30.5. The highest BCUT2D eigenvalue weighted by Gasteiger charge is 2.37. The predicted molar refractivity (Wildman–Crippen MR) is 219 cm³/mol. The summed E-state index contributed by atoms with van der Waals surface area (Å²) in [4.78, 5) is 19.5. The molecule has 0 spiro atoms. The van der Waals surface area contributed by atoms with E-state index in [9.17, 15) is 4.79 Å². The van der Waals surface area contributed by atoms with E-state index in [2.05, 4.69) is 175 Å². The summed E-state index contributed by atoms with van der Waals surface area (Å²) in [5.74, 6) is 1.88. The first-order chi connectivity index (χ1) is 25.0. The average Bonchev–Trinajstić information content (AvgIpc) is 3.59. The molecule has 0 saturated heterocycles. The number of Topliss-reactive ketones (excluding diaryl/α,β-unsaturated/α-hetero) is 1. The van der Waals surface area contributed by atoms with Crippen LogP contribution in [0.4, 0.5) is 11.4 Å². The van der Waals surface area contributed by atoms with E-state index >= 15 is 0 Å². The quantitative estimate of drug-likeness (QED) is 0.172. The Morgan fingerprint density at radius 3 is 1.38 bits per heavy atom. The van der Waals surface area contributed by atoms with Gasteiger partial charge in [0.05, 0.1) is 11.4 Å². The summed E-state index contributed by atoms with van der Waals surface area (Å²) in [5.41, 5.74) is 7.10. The molecule has 0 unspecified atom stereocenters. The molecule has 2 radical (unpaired) electrons. The first kappa shape index (κ1) is 32.1. The monoisotopic (exact) mass is 672 g/mol. The highest BCUT2D eigenvalue weighted by atomic mass is 16.1. The molecule has 0 amide bonds. The van der Waals surface area contributed by atoms with Crippen molar-refractivity contribution in [1.29, 1.82) is 0 Å². The average molecular weight is 673 g/mol. The number of aliphatic imine (C=N–C) groups is 1. The van der Waals surface area contributed by atoms with Crippen LogP contribution < -0.4 is 5.32 Å². The van der Waals surface area contributed by atoms with Crippen molar-refractivity contribution < 1.29 is 4.79 Å². The van der Waals surface area contributed by atoms with Gasteiger partial charge in [0.2, 0.25) is 0 Å². The van der Waals surface area contributed by atoms with E-state index in [-0.39, 0.29) is 16.6 Å². The predicted octanol–water partition coefficient (Wildman–Crippen LogP) is 12.7. The van der Waals surface area contributed by atoms with Crippen molar-refractivity contribution in [2.24, 2.45) is 15.8 Å². The molecule has 0 aromatic heterocycles. The Balaban J connectivity index is 1.36. The Kier molecular flexibility index (Phi) is 7.18. The van der Waals surface area contributed by atoms with Gasteiger partial charge >= 0.3 is 0 Å². The third kappa shape index (κ3) is 5.02. The number of benzene rings is 7. The Hall–Kier alpha value is -5.80. The molecule has 0 saturated carbocycles. The van der Waals surface area contributed by atoms with Crippen molar-refractivity contribution in [1.82, 2.24) is 5.32 Å². The number of allylic oxidation sites excluding steroid dienone is 4. The minimum atomic E-state index is -0.330. The van der Waals surface area contributed by atoms with Gasteiger partial charge in [0, 0.05) is 39.0 Å². The van der Waals surface area contributed by atoms with Crippen LogP contribution in [-0.2, 0) is 4.79 Å². The van der Waals surface area contributed by atoms with Crippen molar-refractivity contribution in [2.45, 2.75) is 41.5 Å². The summed E-state index contributed by atoms with van der Waals surface area (Å²) >= 11 is 0. The molecule has 0 N–H and O–H groups in total. The number of hydrogen-bond acceptors (Lipinski definition) is 2. The Morgan fingerprint density at radius 1 is 0.442 bits per heavy atom. The lowest BCUT2D eigenvalue weighted by atomic mass is 9.69. The van der Waals surface area contributed by atoms with E-state index in [1.54, 1.807) is 0 Å². The molecule has 1 aliphatic heterocycles. The maximum atomic E-state index is 14.1. The second-order valence-electron chi connectivity index (χ2n) is 16.2. The molecule has 2 aliphatic rings. The number of amidine groups is 1. The molecule has 9 rings (SSSR count). The third-order valence-electron chi connectivity index (χ3n) is 10.7. The van der Waals surface area contributed by atoms with E-state index in [1.807, 2.05) is 0 Å². The van der Waals surface area contributed by atoms with Crippen LogP contribution in [0.15, 0.2) is 150 Å². The molecule has 52 heavy (non-hydrogen) atoms. The third-order valence-corrected chi connectivity index (χ3v) is 10.7. The number of fused-ring (bicyclic) bond motifs is 8. The standard InChI is InChI=1S/C49H40N2O/c1-48(2,3)40-27-31(28-41(46(40)52)49(4,5)6)34-25-23-29-15-7-9-17-32(29)42(34)43-33-18-10-8-16-30(33)24-26-39(43)47-50-44-37-21-13-11-19-35(37)36-20-12-14-22-38(36)45(44)51-47/h7-28H,1-6H3. The fourth-order valence-corrected chi connectivity index (χ4v) is 8.09. The summed E-state index contributed by atoms with van der Waals surface area (Å²) < 4.78 is 0. The van der Waals surface area contributed by atoms with Crippen molar-refractivity contribution in [2.75, 3.05) is 0 Å². The molecule has 7 aromatic rings. The van der Waals surface area contributed by atoms with Gasteiger partial charge in [0.1, 0.15) is 0 Å². The minimum Gasteiger partial charge on any atom is -0.289 e. The molecular weight excluding hydrogens is 633 g/mol. The highest BCUT2D eigenvalue weighted by Crippen LogP contribution is 2.49. The second kappa shape index (κ2) is 11.6. The lowest BCUT2D eigenvalue weighted by Crippen LogP contribution is -2.29. The van der Waals surface area contributed by atoms with Gasteiger partial charge in [0.15, 0.2) is 11.6 Å². The summed E-state index contributed by atoms with van der Waals surface area (Å²) in [7, 11) is 0. The van der Waals surface area contributed by atoms with Gasteiger partial charge < -0.3 is 0 Å². The molecule has 3 nitrogen and oxygen atoms in total. The number of nitrogens with zero attached hydrogens (tertiary/aromatic N) is 2. The number of carbonyl (C=O) groups is 1. The molecule has 0 atom stereocenters. The fraction of sp³-hybridized carbons (Fsp3) is 0.163. The normalized spacial score (nSPS) is 15.2. The smallest absolute Gasteiger partial charge is 0.185 e. The van der Waals surface area contributed by atoms with Crippen LogP contribution in [0.5, 0.6) is 0 Å². The van der Waals surface area contributed by atoms with Crippen molar-refractivity contribution in [3.8, 4) is 11.1 Å². The molecule has 0 bridgehead atoms. The van der Waals surface area contributed by atoms with Gasteiger partial charge in [-0.3, -0.25) is 4.79 Å². The molecular formula is C49H40N2O. The van der Waals surface area contributed by atoms with Crippen molar-refractivity contribution in [3.63, 3.8) is 0 Å². The zero-order chi connectivity index (χ0) is 35.9. The molecule has 7 aromatic carbocycles. The lowest BCUT2D eigenvalue weighted by molar-refractivity contribution is -0.114. The van der Waals surface area contributed by atoms with Gasteiger partial charge in [-0.05, 0) is 60.3 Å². The van der Waals surface area contributed by atoms with Crippen LogP contribution in [0.3, 0.4) is 0 Å². The van der Waals surface area contributed by atoms with E-state index in [1.165, 1.54) is 10.8 Å². The van der Waals surface area contributed by atoms with Crippen molar-refractivity contribution in [3.05, 3.63) is 162 Å². The minimum absolute atomic E-state index is 0.133. The summed E-state index contributed by atoms with van der Waals surface area (Å²) in [6.07, 6.45) is 4.28. The summed E-state index contributed by atoms with van der Waals surface area (Å²) in [6, 6.07) is 43.1. The van der Waals surface area contributed by atoms with Gasteiger partial charge in [0.25, 0.3) is 0 Å². The summed E-state index contributed by atoms with van der Waals surface area (Å²) in [6.45, 7) is 12.8. The number of hydrogen-bond donors (Lipinski definition) is 0. The molecule has 0 fully saturated rings. The maximum absolute atomic E-state index is 14.1. The van der Waals surface area contributed by atoms with Crippen LogP contribution in [-0.4, -0.2) is 11.6 Å². The highest BCUT2D eigenvalue weighted by molar-refractivity contribution is 6.26.